The molecule has 0 atom stereocenters. The van der Waals surface area contributed by atoms with Gasteiger partial charge in [-0.2, -0.15) is 0 Å². The van der Waals surface area contributed by atoms with Crippen molar-refractivity contribution in [3.8, 4) is 5.75 Å². The summed E-state index contributed by atoms with van der Waals surface area (Å²) in [6.07, 6.45) is 6.28. The lowest BCUT2D eigenvalue weighted by molar-refractivity contribution is 0.309. The molecular formula is C18H19BrN4O. The standard InChI is InChI=1S/C18H19BrN4O/c19-17-16(24-11-3-5-14-4-1-2-10-20-14)9-8-15-18(17)21-22-23(15)12-13-6-7-13/h1-2,4,8-10,13H,3,5-7,11-12H2. The van der Waals surface area contributed by atoms with Crippen LogP contribution in [0.1, 0.15) is 25.0 Å². The number of fused-ring (bicyclic) bond motifs is 1. The second-order valence-corrected chi connectivity index (χ2v) is 7.03. The number of hydrogen-bond acceptors (Lipinski definition) is 4. The molecule has 3 aromatic rings. The molecule has 0 saturated heterocycles. The first kappa shape index (κ1) is 15.6. The van der Waals surface area contributed by atoms with Gasteiger partial charge in [0.25, 0.3) is 0 Å². The molecule has 0 spiro atoms. The van der Waals surface area contributed by atoms with Crippen molar-refractivity contribution in [3.05, 3.63) is 46.7 Å². The highest BCUT2D eigenvalue weighted by atomic mass is 79.9. The van der Waals surface area contributed by atoms with Gasteiger partial charge in [-0.05, 0) is 71.8 Å². The molecule has 2 aromatic heterocycles. The Morgan fingerprint density at radius 3 is 2.92 bits per heavy atom. The summed E-state index contributed by atoms with van der Waals surface area (Å²) in [6, 6.07) is 10.0. The Balaban J connectivity index is 1.40. The van der Waals surface area contributed by atoms with E-state index in [-0.39, 0.29) is 0 Å². The number of hydrogen-bond donors (Lipinski definition) is 0. The Kier molecular flexibility index (Phi) is 4.47. The van der Waals surface area contributed by atoms with Crippen molar-refractivity contribution in [1.29, 1.82) is 0 Å². The fourth-order valence-corrected chi connectivity index (χ4v) is 3.29. The van der Waals surface area contributed by atoms with Crippen LogP contribution in [-0.2, 0) is 13.0 Å². The first-order chi connectivity index (χ1) is 11.8. The predicted octanol–water partition coefficient (Wildman–Crippen LogP) is 4.01. The van der Waals surface area contributed by atoms with E-state index in [1.165, 1.54) is 12.8 Å². The lowest BCUT2D eigenvalue weighted by Gasteiger charge is -2.08. The molecule has 1 saturated carbocycles. The molecule has 1 aliphatic carbocycles. The van der Waals surface area contributed by atoms with Crippen LogP contribution < -0.4 is 4.74 Å². The number of nitrogens with zero attached hydrogens (tertiary/aromatic N) is 4. The second kappa shape index (κ2) is 6.89. The second-order valence-electron chi connectivity index (χ2n) is 6.23. The maximum Gasteiger partial charge on any atom is 0.135 e. The SMILES string of the molecule is Brc1c(OCCCc2ccccn2)ccc2c1nnn2CC1CC1. The van der Waals surface area contributed by atoms with E-state index in [9.17, 15) is 0 Å². The summed E-state index contributed by atoms with van der Waals surface area (Å²) in [5.41, 5.74) is 3.03. The molecule has 5 nitrogen and oxygen atoms in total. The zero-order valence-corrected chi connectivity index (χ0v) is 14.9. The van der Waals surface area contributed by atoms with Crippen molar-refractivity contribution in [3.63, 3.8) is 0 Å². The Bertz CT molecular complexity index is 830. The Morgan fingerprint density at radius 2 is 2.12 bits per heavy atom. The average molecular weight is 387 g/mol. The summed E-state index contributed by atoms with van der Waals surface area (Å²) in [5, 5.41) is 8.60. The predicted molar refractivity (Wildman–Crippen MR) is 96.0 cm³/mol. The van der Waals surface area contributed by atoms with Crippen LogP contribution in [0.15, 0.2) is 41.0 Å². The molecule has 1 aromatic carbocycles. The number of ether oxygens (including phenoxy) is 1. The van der Waals surface area contributed by atoms with Gasteiger partial charge < -0.3 is 4.74 Å². The maximum absolute atomic E-state index is 5.92. The highest BCUT2D eigenvalue weighted by Crippen LogP contribution is 2.34. The molecule has 4 rings (SSSR count). The third kappa shape index (κ3) is 3.43. The summed E-state index contributed by atoms with van der Waals surface area (Å²) >= 11 is 3.62. The van der Waals surface area contributed by atoms with E-state index >= 15 is 0 Å². The molecule has 0 aliphatic heterocycles. The minimum Gasteiger partial charge on any atom is -0.492 e. The number of aryl methyl sites for hydroxylation is 1. The third-order valence-electron chi connectivity index (χ3n) is 4.28. The van der Waals surface area contributed by atoms with Crippen molar-refractivity contribution >= 4 is 27.0 Å². The van der Waals surface area contributed by atoms with Crippen molar-refractivity contribution in [2.75, 3.05) is 6.61 Å². The number of aromatic nitrogens is 4. The van der Waals surface area contributed by atoms with E-state index in [2.05, 4.69) is 37.3 Å². The Morgan fingerprint density at radius 1 is 1.21 bits per heavy atom. The van der Waals surface area contributed by atoms with E-state index in [0.717, 1.165) is 52.3 Å². The number of halogens is 1. The molecule has 0 amide bonds. The lowest BCUT2D eigenvalue weighted by atomic mass is 10.2. The zero-order valence-electron chi connectivity index (χ0n) is 13.4. The van der Waals surface area contributed by atoms with Crippen LogP contribution in [0.4, 0.5) is 0 Å². The Labute approximate surface area is 149 Å². The van der Waals surface area contributed by atoms with Gasteiger partial charge in [0.1, 0.15) is 11.3 Å². The fourth-order valence-electron chi connectivity index (χ4n) is 2.76. The van der Waals surface area contributed by atoms with Crippen LogP contribution in [0.25, 0.3) is 11.0 Å². The molecule has 1 fully saturated rings. The minimum atomic E-state index is 0.650. The van der Waals surface area contributed by atoms with Gasteiger partial charge >= 0.3 is 0 Å². The molecule has 1 aliphatic rings. The van der Waals surface area contributed by atoms with Crippen LogP contribution in [0.5, 0.6) is 5.75 Å². The quantitative estimate of drug-likeness (QED) is 0.575. The van der Waals surface area contributed by atoms with Crippen LogP contribution in [0.3, 0.4) is 0 Å². The first-order valence-corrected chi connectivity index (χ1v) is 9.15. The maximum atomic E-state index is 5.92. The van der Waals surface area contributed by atoms with Crippen molar-refractivity contribution in [1.82, 2.24) is 20.0 Å². The number of benzene rings is 1. The smallest absolute Gasteiger partial charge is 0.135 e. The molecule has 2 heterocycles. The summed E-state index contributed by atoms with van der Waals surface area (Å²) in [5.74, 6) is 1.60. The third-order valence-corrected chi connectivity index (χ3v) is 5.05. The molecule has 0 radical (unpaired) electrons. The van der Waals surface area contributed by atoms with Crippen LogP contribution in [-0.4, -0.2) is 26.6 Å². The topological polar surface area (TPSA) is 52.8 Å². The summed E-state index contributed by atoms with van der Waals surface area (Å²) in [7, 11) is 0. The van der Waals surface area contributed by atoms with E-state index in [1.807, 2.05) is 35.1 Å². The summed E-state index contributed by atoms with van der Waals surface area (Å²) in [4.78, 5) is 4.33. The van der Waals surface area contributed by atoms with Crippen LogP contribution in [0.2, 0.25) is 0 Å². The van der Waals surface area contributed by atoms with Gasteiger partial charge in [0.15, 0.2) is 0 Å². The zero-order chi connectivity index (χ0) is 16.4. The minimum absolute atomic E-state index is 0.650. The van der Waals surface area contributed by atoms with Gasteiger partial charge in [0.05, 0.1) is 16.6 Å². The molecular weight excluding hydrogens is 368 g/mol. The largest absolute Gasteiger partial charge is 0.492 e. The molecule has 0 bridgehead atoms. The van der Waals surface area contributed by atoms with Gasteiger partial charge in [-0.1, -0.05) is 11.3 Å². The van der Waals surface area contributed by atoms with Crippen LogP contribution >= 0.6 is 15.9 Å². The van der Waals surface area contributed by atoms with E-state index < -0.39 is 0 Å². The van der Waals surface area contributed by atoms with E-state index in [0.29, 0.717) is 6.61 Å². The van der Waals surface area contributed by atoms with Gasteiger partial charge in [-0.3, -0.25) is 4.98 Å². The molecule has 124 valence electrons. The fraction of sp³-hybridized carbons (Fsp3) is 0.389. The monoisotopic (exact) mass is 386 g/mol. The summed E-state index contributed by atoms with van der Waals surface area (Å²) < 4.78 is 8.81. The van der Waals surface area contributed by atoms with Gasteiger partial charge in [-0.15, -0.1) is 5.10 Å². The van der Waals surface area contributed by atoms with E-state index in [1.54, 1.807) is 0 Å². The molecule has 24 heavy (non-hydrogen) atoms. The molecule has 0 unspecified atom stereocenters. The highest BCUT2D eigenvalue weighted by molar-refractivity contribution is 9.10. The van der Waals surface area contributed by atoms with Gasteiger partial charge in [-0.25, -0.2) is 4.68 Å². The first-order valence-electron chi connectivity index (χ1n) is 8.35. The van der Waals surface area contributed by atoms with E-state index in [4.69, 9.17) is 4.74 Å². The number of pyridine rings is 1. The van der Waals surface area contributed by atoms with Crippen molar-refractivity contribution < 1.29 is 4.74 Å². The van der Waals surface area contributed by atoms with Gasteiger partial charge in [0.2, 0.25) is 0 Å². The number of rotatable bonds is 7. The van der Waals surface area contributed by atoms with Crippen LogP contribution in [0, 0.1) is 5.92 Å². The van der Waals surface area contributed by atoms with Gasteiger partial charge in [0, 0.05) is 18.4 Å². The average Bonchev–Trinajstić information content (AvgIpc) is 3.33. The van der Waals surface area contributed by atoms with Crippen molar-refractivity contribution in [2.24, 2.45) is 5.92 Å². The highest BCUT2D eigenvalue weighted by Gasteiger charge is 2.23. The lowest BCUT2D eigenvalue weighted by Crippen LogP contribution is -2.02. The summed E-state index contributed by atoms with van der Waals surface area (Å²) in [6.45, 7) is 1.62. The Hall–Kier alpha value is -1.95. The normalized spacial score (nSPS) is 14.2. The molecule has 0 N–H and O–H groups in total. The molecule has 6 heteroatoms. The van der Waals surface area contributed by atoms with Crippen molar-refractivity contribution in [2.45, 2.75) is 32.2 Å².